The highest BCUT2D eigenvalue weighted by Crippen LogP contribution is 2.24. The molecule has 1 saturated heterocycles. The maximum Gasteiger partial charge on any atom is 0.351 e. The molecule has 1 unspecified atom stereocenters. The number of hydrogen-bond donors (Lipinski definition) is 2. The highest BCUT2D eigenvalue weighted by atomic mass is 16.5. The molecule has 5 heteroatoms. The minimum atomic E-state index is -0.864. The number of hydrogen-bond acceptors (Lipinski definition) is 5. The maximum absolute atomic E-state index is 11.7. The molecule has 0 radical (unpaired) electrons. The summed E-state index contributed by atoms with van der Waals surface area (Å²) in [7, 11) is 0. The normalized spacial score (nSPS) is 19.5. The van der Waals surface area contributed by atoms with Gasteiger partial charge in [-0.05, 0) is 37.7 Å². The number of aliphatic hydroxyl groups is 2. The van der Waals surface area contributed by atoms with Gasteiger partial charge < -0.3 is 14.9 Å². The number of ether oxygens (including phenoxy) is 1. The first-order chi connectivity index (χ1) is 11.4. The summed E-state index contributed by atoms with van der Waals surface area (Å²) >= 11 is 0. The van der Waals surface area contributed by atoms with E-state index in [2.05, 4.69) is 11.3 Å². The van der Waals surface area contributed by atoms with Gasteiger partial charge in [0.2, 0.25) is 5.78 Å². The fourth-order valence-electron chi connectivity index (χ4n) is 2.06. The summed E-state index contributed by atoms with van der Waals surface area (Å²) in [6.45, 7) is 7.16. The van der Waals surface area contributed by atoms with Crippen molar-refractivity contribution in [2.45, 2.75) is 33.1 Å². The average Bonchev–Trinajstić information content (AvgIpc) is 2.78. The molecule has 1 fully saturated rings. The summed E-state index contributed by atoms with van der Waals surface area (Å²) in [5.41, 5.74) is 0.0932. The molecule has 0 aromatic heterocycles. The van der Waals surface area contributed by atoms with Crippen molar-refractivity contribution in [3.8, 4) is 0 Å². The van der Waals surface area contributed by atoms with Gasteiger partial charge in [-0.2, -0.15) is 0 Å². The van der Waals surface area contributed by atoms with E-state index in [1.54, 1.807) is 13.0 Å². The predicted molar refractivity (Wildman–Crippen MR) is 92.0 cm³/mol. The number of allylic oxidation sites excluding steroid dienone is 7. The molecule has 0 aromatic carbocycles. The van der Waals surface area contributed by atoms with Crippen molar-refractivity contribution in [3.63, 3.8) is 0 Å². The lowest BCUT2D eigenvalue weighted by atomic mass is 10.1. The zero-order valence-electron chi connectivity index (χ0n) is 14.1. The van der Waals surface area contributed by atoms with Crippen molar-refractivity contribution < 1.29 is 24.5 Å². The van der Waals surface area contributed by atoms with Crippen molar-refractivity contribution in [2.75, 3.05) is 6.61 Å². The zero-order valence-corrected chi connectivity index (χ0v) is 14.1. The van der Waals surface area contributed by atoms with Crippen LogP contribution in [0.5, 0.6) is 0 Å². The van der Waals surface area contributed by atoms with Crippen LogP contribution in [0.3, 0.4) is 0 Å². The van der Waals surface area contributed by atoms with E-state index < -0.39 is 11.8 Å². The van der Waals surface area contributed by atoms with E-state index in [4.69, 9.17) is 5.11 Å². The Morgan fingerprint density at radius 3 is 2.58 bits per heavy atom. The molecule has 1 rings (SSSR count). The first kappa shape index (κ1) is 19.6. The van der Waals surface area contributed by atoms with Crippen LogP contribution < -0.4 is 0 Å². The minimum Gasteiger partial charge on any atom is -0.507 e. The molecule has 130 valence electrons. The number of rotatable bonds is 8. The Labute approximate surface area is 142 Å². The molecule has 24 heavy (non-hydrogen) atoms. The lowest BCUT2D eigenvalue weighted by Gasteiger charge is -2.01. The summed E-state index contributed by atoms with van der Waals surface area (Å²) in [5.74, 6) is -1.82. The van der Waals surface area contributed by atoms with Gasteiger partial charge in [0.1, 0.15) is 5.76 Å². The molecule has 0 aliphatic carbocycles. The predicted octanol–water partition coefficient (Wildman–Crippen LogP) is 3.30. The molecule has 0 amide bonds. The van der Waals surface area contributed by atoms with Crippen molar-refractivity contribution in [3.05, 3.63) is 59.6 Å². The quantitative estimate of drug-likeness (QED) is 0.178. The summed E-state index contributed by atoms with van der Waals surface area (Å²) in [6, 6.07) is 0. The van der Waals surface area contributed by atoms with Gasteiger partial charge in [-0.3, -0.25) is 4.79 Å². The third kappa shape index (κ3) is 5.66. The Hall–Kier alpha value is -2.40. The van der Waals surface area contributed by atoms with Gasteiger partial charge in [-0.1, -0.05) is 43.9 Å². The van der Waals surface area contributed by atoms with Crippen LogP contribution in [-0.4, -0.2) is 28.6 Å². The van der Waals surface area contributed by atoms with E-state index in [-0.39, 0.29) is 23.7 Å². The van der Waals surface area contributed by atoms with Crippen LogP contribution in [0.2, 0.25) is 0 Å². The second kappa shape index (κ2) is 9.67. The Morgan fingerprint density at radius 2 is 2.00 bits per heavy atom. The molecule has 0 bridgehead atoms. The largest absolute Gasteiger partial charge is 0.507 e. The molecule has 0 saturated carbocycles. The van der Waals surface area contributed by atoms with E-state index in [1.165, 1.54) is 0 Å². The number of unbranched alkanes of at least 4 members (excludes halogenated alkanes) is 1. The number of carbonyl (C=O) groups is 2. The van der Waals surface area contributed by atoms with Crippen LogP contribution >= 0.6 is 0 Å². The first-order valence-corrected chi connectivity index (χ1v) is 7.88. The van der Waals surface area contributed by atoms with Gasteiger partial charge in [0.15, 0.2) is 11.3 Å². The lowest BCUT2D eigenvalue weighted by molar-refractivity contribution is -0.132. The molecular weight excluding hydrogens is 308 g/mol. The first-order valence-electron chi connectivity index (χ1n) is 7.88. The van der Waals surface area contributed by atoms with Gasteiger partial charge >= 0.3 is 5.97 Å². The highest BCUT2D eigenvalue weighted by molar-refractivity contribution is 6.28. The fourth-order valence-corrected chi connectivity index (χ4v) is 2.06. The van der Waals surface area contributed by atoms with Crippen LogP contribution in [0, 0.1) is 5.92 Å². The highest BCUT2D eigenvalue weighted by Gasteiger charge is 2.36. The van der Waals surface area contributed by atoms with Gasteiger partial charge in [0, 0.05) is 6.61 Å². The van der Waals surface area contributed by atoms with Gasteiger partial charge in [0.05, 0.1) is 0 Å². The van der Waals surface area contributed by atoms with Crippen molar-refractivity contribution in [2.24, 2.45) is 5.92 Å². The molecule has 2 N–H and O–H groups in total. The Kier molecular flexibility index (Phi) is 7.92. The van der Waals surface area contributed by atoms with Gasteiger partial charge in [-0.15, -0.1) is 0 Å². The van der Waals surface area contributed by atoms with Crippen LogP contribution in [0.25, 0.3) is 0 Å². The fraction of sp³-hybridized carbons (Fsp3) is 0.368. The molecule has 1 heterocycles. The monoisotopic (exact) mass is 332 g/mol. The number of Topliss-reactive ketones (excluding diaryl/α,β-unsaturated/α-hetero) is 1. The van der Waals surface area contributed by atoms with Gasteiger partial charge in [0.25, 0.3) is 0 Å². The SMILES string of the molecule is C=C1OC(=O)C(=C(O)/C(C)=C/CC/C=C/C=C/C(C)CCO)C1=O. The third-order valence-electron chi connectivity index (χ3n) is 3.57. The second-order valence-corrected chi connectivity index (χ2v) is 5.63. The van der Waals surface area contributed by atoms with Crippen LogP contribution in [0.15, 0.2) is 59.6 Å². The number of carbonyl (C=O) groups excluding carboxylic acids is 2. The molecular formula is C19H24O5. The number of ketones is 1. The molecule has 1 aliphatic heterocycles. The van der Waals surface area contributed by atoms with E-state index >= 15 is 0 Å². The average molecular weight is 332 g/mol. The summed E-state index contributed by atoms with van der Waals surface area (Å²) in [4.78, 5) is 23.2. The zero-order chi connectivity index (χ0) is 18.1. The summed E-state index contributed by atoms with van der Waals surface area (Å²) < 4.78 is 4.60. The molecule has 5 nitrogen and oxygen atoms in total. The second-order valence-electron chi connectivity index (χ2n) is 5.63. The Bertz CT molecular complexity index is 620. The third-order valence-corrected chi connectivity index (χ3v) is 3.57. The van der Waals surface area contributed by atoms with Crippen molar-refractivity contribution >= 4 is 11.8 Å². The Morgan fingerprint density at radius 1 is 1.29 bits per heavy atom. The number of aliphatic hydroxyl groups excluding tert-OH is 2. The molecule has 1 atom stereocenters. The molecule has 0 aromatic rings. The summed E-state index contributed by atoms with van der Waals surface area (Å²) in [5, 5.41) is 18.8. The van der Waals surface area contributed by atoms with E-state index in [1.807, 2.05) is 31.2 Å². The van der Waals surface area contributed by atoms with Crippen LogP contribution in [0.4, 0.5) is 0 Å². The Balaban J connectivity index is 2.55. The van der Waals surface area contributed by atoms with Crippen molar-refractivity contribution in [1.29, 1.82) is 0 Å². The van der Waals surface area contributed by atoms with Crippen LogP contribution in [-0.2, 0) is 14.3 Å². The molecule has 1 aliphatic rings. The van der Waals surface area contributed by atoms with E-state index in [0.717, 1.165) is 12.8 Å². The van der Waals surface area contributed by atoms with E-state index in [9.17, 15) is 14.7 Å². The van der Waals surface area contributed by atoms with Crippen molar-refractivity contribution in [1.82, 2.24) is 0 Å². The lowest BCUT2D eigenvalue weighted by Crippen LogP contribution is -2.06. The number of esters is 1. The standard InChI is InChI=1S/C19H24O5/c1-13(11-12-20)9-7-5-4-6-8-10-14(2)17(21)16-18(22)15(3)24-19(16)23/h4-5,7,9-10,13,20-21H,3,6,8,11-12H2,1-2H3/b5-4+,9-7+,14-10+,17-16?. The van der Waals surface area contributed by atoms with Gasteiger partial charge in [-0.25, -0.2) is 4.79 Å². The smallest absolute Gasteiger partial charge is 0.351 e. The topological polar surface area (TPSA) is 83.8 Å². The van der Waals surface area contributed by atoms with E-state index in [0.29, 0.717) is 17.9 Å². The van der Waals surface area contributed by atoms with Crippen LogP contribution in [0.1, 0.15) is 33.1 Å². The minimum absolute atomic E-state index is 0.182. The number of cyclic esters (lactones) is 1. The molecule has 0 spiro atoms. The summed E-state index contributed by atoms with van der Waals surface area (Å²) in [6.07, 6.45) is 11.8. The maximum atomic E-state index is 11.7.